The Bertz CT molecular complexity index is 913. The summed E-state index contributed by atoms with van der Waals surface area (Å²) in [5, 5.41) is 14.5. The Morgan fingerprint density at radius 1 is 1.19 bits per heavy atom. The maximum Gasteiger partial charge on any atom is 0.338 e. The van der Waals surface area contributed by atoms with E-state index < -0.39 is 5.97 Å². The van der Waals surface area contributed by atoms with Crippen molar-refractivity contribution in [3.63, 3.8) is 0 Å². The van der Waals surface area contributed by atoms with Crippen LogP contribution in [0.4, 0.5) is 5.69 Å². The fourth-order valence-electron chi connectivity index (χ4n) is 2.20. The molecule has 0 radical (unpaired) electrons. The highest BCUT2D eigenvalue weighted by Gasteiger charge is 2.12. The molecule has 134 valence electrons. The first-order chi connectivity index (χ1) is 12.5. The summed E-state index contributed by atoms with van der Waals surface area (Å²) in [6.45, 7) is 3.76. The molecule has 2 aromatic heterocycles. The topological polar surface area (TPSA) is 112 Å². The van der Waals surface area contributed by atoms with E-state index in [0.29, 0.717) is 29.4 Å². The second-order valence-corrected chi connectivity index (χ2v) is 5.40. The minimum atomic E-state index is -0.405. The molecule has 0 spiro atoms. The Hall–Kier alpha value is -3.49. The molecule has 0 aliphatic heterocycles. The average molecular weight is 355 g/mol. The number of benzene rings is 1. The summed E-state index contributed by atoms with van der Waals surface area (Å²) in [4.78, 5) is 24.9. The third-order valence-electron chi connectivity index (χ3n) is 3.38. The Balaban J connectivity index is 1.59. The van der Waals surface area contributed by atoms with Crippen molar-refractivity contribution in [1.29, 1.82) is 0 Å². The van der Waals surface area contributed by atoms with Crippen LogP contribution in [-0.2, 0) is 16.1 Å². The summed E-state index contributed by atoms with van der Waals surface area (Å²) in [5.74, 6) is 0.806. The molecule has 2 heterocycles. The van der Waals surface area contributed by atoms with Gasteiger partial charge in [0.25, 0.3) is 0 Å². The van der Waals surface area contributed by atoms with Gasteiger partial charge in [0.1, 0.15) is 12.3 Å². The number of esters is 1. The number of aryl methyl sites for hydroxylation is 1. The molecule has 9 heteroatoms. The van der Waals surface area contributed by atoms with Gasteiger partial charge in [-0.25, -0.2) is 4.79 Å². The Labute approximate surface area is 148 Å². The van der Waals surface area contributed by atoms with Gasteiger partial charge < -0.3 is 14.5 Å². The number of tetrazole rings is 1. The minimum Gasteiger partial charge on any atom is -0.462 e. The number of hydrogen-bond acceptors (Lipinski definition) is 7. The third-order valence-corrected chi connectivity index (χ3v) is 3.38. The number of ether oxygens (including phenoxy) is 1. The van der Waals surface area contributed by atoms with Crippen molar-refractivity contribution >= 4 is 17.6 Å². The zero-order chi connectivity index (χ0) is 18.5. The van der Waals surface area contributed by atoms with Crippen molar-refractivity contribution in [2.75, 3.05) is 11.9 Å². The van der Waals surface area contributed by atoms with Gasteiger partial charge in [-0.05, 0) is 55.5 Å². The first-order valence-corrected chi connectivity index (χ1v) is 7.97. The van der Waals surface area contributed by atoms with Crippen molar-refractivity contribution in [1.82, 2.24) is 20.2 Å². The molecule has 0 saturated carbocycles. The number of nitrogens with one attached hydrogen (secondary N) is 1. The smallest absolute Gasteiger partial charge is 0.338 e. The second kappa shape index (κ2) is 7.60. The molecule has 3 rings (SSSR count). The first-order valence-electron chi connectivity index (χ1n) is 7.97. The molecular weight excluding hydrogens is 338 g/mol. The van der Waals surface area contributed by atoms with Crippen LogP contribution in [0.5, 0.6) is 0 Å². The van der Waals surface area contributed by atoms with E-state index in [1.807, 2.05) is 6.92 Å². The summed E-state index contributed by atoms with van der Waals surface area (Å²) in [6.07, 6.45) is 0. The minimum absolute atomic E-state index is 0.105. The van der Waals surface area contributed by atoms with Crippen LogP contribution in [0.15, 0.2) is 40.8 Å². The van der Waals surface area contributed by atoms with E-state index in [1.165, 1.54) is 4.80 Å². The van der Waals surface area contributed by atoms with Crippen molar-refractivity contribution in [3.05, 3.63) is 47.7 Å². The number of anilines is 1. The number of nitrogens with zero attached hydrogens (tertiary/aromatic N) is 4. The molecule has 26 heavy (non-hydrogen) atoms. The number of aromatic nitrogens is 4. The first kappa shape index (κ1) is 17.3. The van der Waals surface area contributed by atoms with Gasteiger partial charge in [0.15, 0.2) is 5.76 Å². The highest BCUT2D eigenvalue weighted by atomic mass is 16.5. The van der Waals surface area contributed by atoms with Gasteiger partial charge in [0.05, 0.1) is 12.2 Å². The lowest BCUT2D eigenvalue weighted by Crippen LogP contribution is -2.20. The number of amides is 1. The fraction of sp³-hybridized carbons (Fsp3) is 0.235. The lowest BCUT2D eigenvalue weighted by atomic mass is 10.2. The summed E-state index contributed by atoms with van der Waals surface area (Å²) >= 11 is 0. The highest BCUT2D eigenvalue weighted by molar-refractivity contribution is 5.92. The van der Waals surface area contributed by atoms with Crippen LogP contribution in [0.25, 0.3) is 11.6 Å². The molecular formula is C17H17N5O4. The van der Waals surface area contributed by atoms with E-state index in [1.54, 1.807) is 43.3 Å². The Morgan fingerprint density at radius 3 is 2.62 bits per heavy atom. The summed E-state index contributed by atoms with van der Waals surface area (Å²) < 4.78 is 10.3. The molecule has 1 aromatic carbocycles. The zero-order valence-electron chi connectivity index (χ0n) is 14.3. The number of carbonyl (C=O) groups is 2. The van der Waals surface area contributed by atoms with Gasteiger partial charge in [-0.15, -0.1) is 10.2 Å². The molecule has 3 aromatic rings. The zero-order valence-corrected chi connectivity index (χ0v) is 14.3. The fourth-order valence-corrected chi connectivity index (χ4v) is 2.20. The predicted molar refractivity (Wildman–Crippen MR) is 91.3 cm³/mol. The largest absolute Gasteiger partial charge is 0.462 e. The van der Waals surface area contributed by atoms with Crippen molar-refractivity contribution in [3.8, 4) is 11.6 Å². The number of furan rings is 1. The van der Waals surface area contributed by atoms with Gasteiger partial charge in [-0.2, -0.15) is 4.80 Å². The van der Waals surface area contributed by atoms with Gasteiger partial charge in [0, 0.05) is 5.69 Å². The maximum absolute atomic E-state index is 12.1. The average Bonchev–Trinajstić information content (AvgIpc) is 3.24. The van der Waals surface area contributed by atoms with E-state index in [9.17, 15) is 9.59 Å². The number of rotatable bonds is 6. The molecule has 0 atom stereocenters. The van der Waals surface area contributed by atoms with E-state index in [0.717, 1.165) is 5.76 Å². The third kappa shape index (κ3) is 4.12. The standard InChI is InChI=1S/C17H17N5O4/c1-3-25-17(24)12-5-7-13(8-6-12)18-15(23)10-22-20-16(19-21-22)14-9-4-11(2)26-14/h4-9H,3,10H2,1-2H3,(H,18,23). The van der Waals surface area contributed by atoms with Crippen molar-refractivity contribution in [2.45, 2.75) is 20.4 Å². The van der Waals surface area contributed by atoms with E-state index in [4.69, 9.17) is 9.15 Å². The van der Waals surface area contributed by atoms with Crippen LogP contribution in [-0.4, -0.2) is 38.7 Å². The van der Waals surface area contributed by atoms with Gasteiger partial charge in [0.2, 0.25) is 11.7 Å². The Kier molecular flexibility index (Phi) is 5.07. The second-order valence-electron chi connectivity index (χ2n) is 5.40. The number of carbonyl (C=O) groups excluding carboxylic acids is 2. The van der Waals surface area contributed by atoms with E-state index in [-0.39, 0.29) is 12.5 Å². The predicted octanol–water partition coefficient (Wildman–Crippen LogP) is 2.06. The molecule has 0 fully saturated rings. The highest BCUT2D eigenvalue weighted by Crippen LogP contribution is 2.16. The summed E-state index contributed by atoms with van der Waals surface area (Å²) in [6, 6.07) is 9.94. The van der Waals surface area contributed by atoms with Gasteiger partial charge in [-0.3, -0.25) is 4.79 Å². The van der Waals surface area contributed by atoms with Crippen LogP contribution < -0.4 is 5.32 Å². The van der Waals surface area contributed by atoms with Crippen molar-refractivity contribution < 1.29 is 18.7 Å². The monoisotopic (exact) mass is 355 g/mol. The molecule has 1 N–H and O–H groups in total. The summed E-state index contributed by atoms with van der Waals surface area (Å²) in [5.41, 5.74) is 0.964. The molecule has 0 saturated heterocycles. The molecule has 0 aliphatic rings. The summed E-state index contributed by atoms with van der Waals surface area (Å²) in [7, 11) is 0. The quantitative estimate of drug-likeness (QED) is 0.673. The van der Waals surface area contributed by atoms with Crippen LogP contribution in [0, 0.1) is 6.92 Å². The van der Waals surface area contributed by atoms with Crippen LogP contribution in [0.1, 0.15) is 23.0 Å². The number of hydrogen-bond donors (Lipinski definition) is 1. The van der Waals surface area contributed by atoms with E-state index >= 15 is 0 Å². The van der Waals surface area contributed by atoms with Gasteiger partial charge >= 0.3 is 5.97 Å². The lowest BCUT2D eigenvalue weighted by Gasteiger charge is -2.06. The van der Waals surface area contributed by atoms with Gasteiger partial charge in [-0.1, -0.05) is 0 Å². The molecule has 0 unspecified atom stereocenters. The van der Waals surface area contributed by atoms with E-state index in [2.05, 4.69) is 20.7 Å². The molecule has 9 nitrogen and oxygen atoms in total. The van der Waals surface area contributed by atoms with Crippen LogP contribution in [0.2, 0.25) is 0 Å². The maximum atomic E-state index is 12.1. The molecule has 0 bridgehead atoms. The Morgan fingerprint density at radius 2 is 1.96 bits per heavy atom. The molecule has 0 aliphatic carbocycles. The molecule has 1 amide bonds. The van der Waals surface area contributed by atoms with Crippen LogP contribution >= 0.6 is 0 Å². The normalized spacial score (nSPS) is 10.5. The lowest BCUT2D eigenvalue weighted by molar-refractivity contribution is -0.117. The van der Waals surface area contributed by atoms with Crippen molar-refractivity contribution in [2.24, 2.45) is 0 Å². The van der Waals surface area contributed by atoms with Crippen LogP contribution in [0.3, 0.4) is 0 Å². The SMILES string of the molecule is CCOC(=O)c1ccc(NC(=O)Cn2nnc(-c3ccc(C)o3)n2)cc1.